The monoisotopic (exact) mass is 253 g/mol. The Labute approximate surface area is 107 Å². The van der Waals surface area contributed by atoms with Crippen molar-refractivity contribution in [3.05, 3.63) is 34.6 Å². The van der Waals surface area contributed by atoms with Gasteiger partial charge in [-0.1, -0.05) is 36.9 Å². The first-order valence-corrected chi connectivity index (χ1v) is 6.13. The zero-order valence-electron chi connectivity index (χ0n) is 10.1. The van der Waals surface area contributed by atoms with Crippen LogP contribution < -0.4 is 5.32 Å². The zero-order chi connectivity index (χ0) is 12.8. The second kappa shape index (κ2) is 6.64. The van der Waals surface area contributed by atoms with Crippen molar-refractivity contribution in [1.29, 1.82) is 0 Å². The SMILES string of the molecule is C#CC(CCC)NC(C)c1ccc(Cl)c(F)c1. The molecule has 92 valence electrons. The second-order valence-electron chi connectivity index (χ2n) is 4.07. The normalized spacial score (nSPS) is 14.1. The van der Waals surface area contributed by atoms with Gasteiger partial charge >= 0.3 is 0 Å². The predicted molar refractivity (Wildman–Crippen MR) is 70.5 cm³/mol. The Morgan fingerprint density at radius 1 is 1.53 bits per heavy atom. The lowest BCUT2D eigenvalue weighted by atomic mass is 10.1. The van der Waals surface area contributed by atoms with Gasteiger partial charge in [-0.15, -0.1) is 6.42 Å². The number of terminal acetylenes is 1. The molecule has 0 saturated carbocycles. The highest BCUT2D eigenvalue weighted by Gasteiger charge is 2.12. The summed E-state index contributed by atoms with van der Waals surface area (Å²) >= 11 is 5.64. The van der Waals surface area contributed by atoms with Crippen molar-refractivity contribution in [2.75, 3.05) is 0 Å². The molecule has 1 aromatic rings. The van der Waals surface area contributed by atoms with Crippen LogP contribution in [0.4, 0.5) is 4.39 Å². The fourth-order valence-electron chi connectivity index (χ4n) is 1.68. The highest BCUT2D eigenvalue weighted by molar-refractivity contribution is 6.30. The number of rotatable bonds is 5. The minimum Gasteiger partial charge on any atom is -0.297 e. The molecule has 0 heterocycles. The molecule has 2 atom stereocenters. The second-order valence-corrected chi connectivity index (χ2v) is 4.48. The molecule has 0 amide bonds. The van der Waals surface area contributed by atoms with Crippen molar-refractivity contribution in [3.8, 4) is 12.3 Å². The molecule has 1 nitrogen and oxygen atoms in total. The van der Waals surface area contributed by atoms with Crippen molar-refractivity contribution in [2.45, 2.75) is 38.8 Å². The van der Waals surface area contributed by atoms with E-state index in [0.717, 1.165) is 18.4 Å². The molecular formula is C14H17ClFN. The molecule has 1 N–H and O–H groups in total. The van der Waals surface area contributed by atoms with Gasteiger partial charge in [0.1, 0.15) is 5.82 Å². The van der Waals surface area contributed by atoms with E-state index in [4.69, 9.17) is 18.0 Å². The van der Waals surface area contributed by atoms with E-state index in [9.17, 15) is 4.39 Å². The van der Waals surface area contributed by atoms with E-state index in [0.29, 0.717) is 0 Å². The average molecular weight is 254 g/mol. The van der Waals surface area contributed by atoms with E-state index in [2.05, 4.69) is 18.2 Å². The van der Waals surface area contributed by atoms with Gasteiger partial charge in [0, 0.05) is 6.04 Å². The van der Waals surface area contributed by atoms with Crippen LogP contribution in [0.1, 0.15) is 38.3 Å². The molecule has 1 rings (SSSR count). The summed E-state index contributed by atoms with van der Waals surface area (Å²) in [6, 6.07) is 4.85. The Balaban J connectivity index is 2.72. The molecule has 3 heteroatoms. The van der Waals surface area contributed by atoms with Gasteiger partial charge in [-0.3, -0.25) is 5.32 Å². The Kier molecular flexibility index (Phi) is 5.47. The molecule has 1 aromatic carbocycles. The average Bonchev–Trinajstić information content (AvgIpc) is 2.31. The smallest absolute Gasteiger partial charge is 0.142 e. The molecule has 0 aliphatic carbocycles. The largest absolute Gasteiger partial charge is 0.297 e. The number of benzene rings is 1. The van der Waals surface area contributed by atoms with Crippen LogP contribution in [0.25, 0.3) is 0 Å². The minimum atomic E-state index is -0.398. The van der Waals surface area contributed by atoms with Crippen molar-refractivity contribution in [2.24, 2.45) is 0 Å². The lowest BCUT2D eigenvalue weighted by molar-refractivity contribution is 0.492. The van der Waals surface area contributed by atoms with Crippen LogP contribution in [-0.4, -0.2) is 6.04 Å². The van der Waals surface area contributed by atoms with E-state index in [1.165, 1.54) is 6.07 Å². The summed E-state index contributed by atoms with van der Waals surface area (Å²) < 4.78 is 13.3. The van der Waals surface area contributed by atoms with Gasteiger partial charge in [0.05, 0.1) is 11.1 Å². The highest BCUT2D eigenvalue weighted by Crippen LogP contribution is 2.20. The maximum Gasteiger partial charge on any atom is 0.142 e. The lowest BCUT2D eigenvalue weighted by Gasteiger charge is -2.19. The molecule has 0 bridgehead atoms. The van der Waals surface area contributed by atoms with E-state index in [-0.39, 0.29) is 17.1 Å². The van der Waals surface area contributed by atoms with Crippen LogP contribution in [0.15, 0.2) is 18.2 Å². The molecule has 2 unspecified atom stereocenters. The van der Waals surface area contributed by atoms with Crippen LogP contribution in [-0.2, 0) is 0 Å². The fourth-order valence-corrected chi connectivity index (χ4v) is 1.80. The molecule has 17 heavy (non-hydrogen) atoms. The Hall–Kier alpha value is -1.04. The fraction of sp³-hybridized carbons (Fsp3) is 0.429. The molecule has 0 aliphatic heterocycles. The Morgan fingerprint density at radius 3 is 2.76 bits per heavy atom. The number of halogens is 2. The van der Waals surface area contributed by atoms with Crippen molar-refractivity contribution < 1.29 is 4.39 Å². The van der Waals surface area contributed by atoms with Crippen LogP contribution in [0, 0.1) is 18.2 Å². The van der Waals surface area contributed by atoms with Gasteiger partial charge in [-0.05, 0) is 31.0 Å². The van der Waals surface area contributed by atoms with Crippen molar-refractivity contribution >= 4 is 11.6 Å². The number of hydrogen-bond acceptors (Lipinski definition) is 1. The summed E-state index contributed by atoms with van der Waals surface area (Å²) in [6.07, 6.45) is 7.36. The van der Waals surface area contributed by atoms with Crippen LogP contribution in [0.3, 0.4) is 0 Å². The third-order valence-electron chi connectivity index (χ3n) is 2.67. The standard InChI is InChI=1S/C14H17ClFN/c1-4-6-12(5-2)17-10(3)11-7-8-13(15)14(16)9-11/h2,7-10,12,17H,4,6H2,1,3H3. The zero-order valence-corrected chi connectivity index (χ0v) is 10.9. The molecule has 0 aliphatic rings. The number of nitrogens with one attached hydrogen (secondary N) is 1. The summed E-state index contributed by atoms with van der Waals surface area (Å²) in [4.78, 5) is 0. The third-order valence-corrected chi connectivity index (χ3v) is 2.98. The molecule has 0 saturated heterocycles. The van der Waals surface area contributed by atoms with Gasteiger partial charge in [-0.25, -0.2) is 4.39 Å². The Bertz CT molecular complexity index is 411. The van der Waals surface area contributed by atoms with Gasteiger partial charge in [0.25, 0.3) is 0 Å². The Morgan fingerprint density at radius 2 is 2.24 bits per heavy atom. The van der Waals surface area contributed by atoms with Crippen LogP contribution in [0.5, 0.6) is 0 Å². The van der Waals surface area contributed by atoms with E-state index in [1.807, 2.05) is 13.0 Å². The van der Waals surface area contributed by atoms with E-state index >= 15 is 0 Å². The van der Waals surface area contributed by atoms with Crippen LogP contribution >= 0.6 is 11.6 Å². The topological polar surface area (TPSA) is 12.0 Å². The van der Waals surface area contributed by atoms with Gasteiger partial charge in [0.2, 0.25) is 0 Å². The summed E-state index contributed by atoms with van der Waals surface area (Å²) in [5.41, 5.74) is 0.850. The van der Waals surface area contributed by atoms with Crippen molar-refractivity contribution in [3.63, 3.8) is 0 Å². The van der Waals surface area contributed by atoms with Crippen molar-refractivity contribution in [1.82, 2.24) is 5.32 Å². The summed E-state index contributed by atoms with van der Waals surface area (Å²) in [7, 11) is 0. The molecule has 0 radical (unpaired) electrons. The van der Waals surface area contributed by atoms with E-state index in [1.54, 1.807) is 6.07 Å². The highest BCUT2D eigenvalue weighted by atomic mass is 35.5. The van der Waals surface area contributed by atoms with E-state index < -0.39 is 5.82 Å². The maximum absolute atomic E-state index is 13.3. The van der Waals surface area contributed by atoms with Gasteiger partial charge < -0.3 is 0 Å². The first-order chi connectivity index (χ1) is 8.08. The predicted octanol–water partition coefficient (Wildman–Crippen LogP) is 3.93. The lowest BCUT2D eigenvalue weighted by Crippen LogP contribution is -2.30. The third kappa shape index (κ3) is 4.03. The molecule has 0 aromatic heterocycles. The van der Waals surface area contributed by atoms with Gasteiger partial charge in [-0.2, -0.15) is 0 Å². The van der Waals surface area contributed by atoms with Crippen LogP contribution in [0.2, 0.25) is 5.02 Å². The first kappa shape index (κ1) is 14.0. The summed E-state index contributed by atoms with van der Waals surface area (Å²) in [5.74, 6) is 2.30. The first-order valence-electron chi connectivity index (χ1n) is 5.75. The molecular weight excluding hydrogens is 237 g/mol. The molecule has 0 spiro atoms. The van der Waals surface area contributed by atoms with Gasteiger partial charge in [0.15, 0.2) is 0 Å². The maximum atomic E-state index is 13.3. The quantitative estimate of drug-likeness (QED) is 0.784. The number of hydrogen-bond donors (Lipinski definition) is 1. The summed E-state index contributed by atoms with van der Waals surface area (Å²) in [6.45, 7) is 4.04. The molecule has 0 fully saturated rings. The summed E-state index contributed by atoms with van der Waals surface area (Å²) in [5, 5.41) is 3.43. The minimum absolute atomic E-state index is 0.00867.